The van der Waals surface area contributed by atoms with Gasteiger partial charge in [-0.1, -0.05) is 32.0 Å². The molecule has 0 atom stereocenters. The molecule has 1 aliphatic carbocycles. The van der Waals surface area contributed by atoms with E-state index in [-0.39, 0.29) is 11.0 Å². The highest BCUT2D eigenvalue weighted by Crippen LogP contribution is 2.39. The Morgan fingerprint density at radius 2 is 1.76 bits per heavy atom. The van der Waals surface area contributed by atoms with Crippen LogP contribution < -0.4 is 0 Å². The van der Waals surface area contributed by atoms with E-state index in [9.17, 15) is 13.2 Å². The second kappa shape index (κ2) is 4.55. The van der Waals surface area contributed by atoms with Crippen molar-refractivity contribution in [2.45, 2.75) is 32.9 Å². The average molecular weight is 292 g/mol. The maximum Gasteiger partial charge on any atom is 0.417 e. The molecule has 21 heavy (non-hydrogen) atoms. The van der Waals surface area contributed by atoms with Crippen LogP contribution in [0.25, 0.3) is 11.3 Å². The molecule has 0 bridgehead atoms. The standard InChI is InChI=1S/C16H15F3N2/c1-15(2)8-10-7-13(20-21-14(10)9-15)11-5-3-4-6-12(11)16(17,18)19/h3-7H,8-9H2,1-2H3. The highest BCUT2D eigenvalue weighted by atomic mass is 19.4. The van der Waals surface area contributed by atoms with Crippen LogP contribution in [0.15, 0.2) is 30.3 Å². The predicted molar refractivity (Wildman–Crippen MR) is 73.7 cm³/mol. The van der Waals surface area contributed by atoms with Crippen LogP contribution >= 0.6 is 0 Å². The first-order chi connectivity index (χ1) is 9.76. The van der Waals surface area contributed by atoms with Crippen molar-refractivity contribution >= 4 is 0 Å². The molecule has 0 aliphatic heterocycles. The first kappa shape index (κ1) is 14.0. The molecular formula is C16H15F3N2. The minimum Gasteiger partial charge on any atom is -0.166 e. The minimum atomic E-state index is -4.39. The number of benzene rings is 1. The topological polar surface area (TPSA) is 25.8 Å². The Labute approximate surface area is 121 Å². The molecule has 2 aromatic rings. The third-order valence-electron chi connectivity index (χ3n) is 3.78. The summed E-state index contributed by atoms with van der Waals surface area (Å²) in [5.41, 5.74) is 1.70. The molecule has 0 N–H and O–H groups in total. The quantitative estimate of drug-likeness (QED) is 0.783. The molecule has 1 aromatic carbocycles. The van der Waals surface area contributed by atoms with Gasteiger partial charge in [-0.3, -0.25) is 0 Å². The number of fused-ring (bicyclic) bond motifs is 1. The van der Waals surface area contributed by atoms with Crippen molar-refractivity contribution in [3.63, 3.8) is 0 Å². The fourth-order valence-corrected chi connectivity index (χ4v) is 2.87. The number of halogens is 3. The van der Waals surface area contributed by atoms with Gasteiger partial charge in [-0.15, -0.1) is 0 Å². The van der Waals surface area contributed by atoms with E-state index in [2.05, 4.69) is 24.0 Å². The molecule has 0 fully saturated rings. The van der Waals surface area contributed by atoms with Crippen LogP contribution in [-0.4, -0.2) is 10.2 Å². The van der Waals surface area contributed by atoms with E-state index in [1.807, 2.05) is 0 Å². The maximum absolute atomic E-state index is 13.1. The third kappa shape index (κ3) is 2.64. The maximum atomic E-state index is 13.1. The summed E-state index contributed by atoms with van der Waals surface area (Å²) in [5, 5.41) is 8.15. The van der Waals surface area contributed by atoms with E-state index in [0.29, 0.717) is 5.69 Å². The Kier molecular flexibility index (Phi) is 3.04. The highest BCUT2D eigenvalue weighted by Gasteiger charge is 2.35. The Balaban J connectivity index is 2.08. The lowest BCUT2D eigenvalue weighted by atomic mass is 9.90. The summed E-state index contributed by atoms with van der Waals surface area (Å²) < 4.78 is 39.2. The van der Waals surface area contributed by atoms with Gasteiger partial charge in [-0.05, 0) is 36.0 Å². The number of alkyl halides is 3. The molecule has 1 aliphatic rings. The molecule has 0 saturated heterocycles. The molecule has 1 heterocycles. The van der Waals surface area contributed by atoms with Crippen molar-refractivity contribution in [3.05, 3.63) is 47.2 Å². The third-order valence-corrected chi connectivity index (χ3v) is 3.78. The lowest BCUT2D eigenvalue weighted by Crippen LogP contribution is -2.09. The molecular weight excluding hydrogens is 277 g/mol. The Hall–Kier alpha value is -1.91. The molecule has 0 amide bonds. The van der Waals surface area contributed by atoms with Gasteiger partial charge >= 0.3 is 6.18 Å². The zero-order valence-corrected chi connectivity index (χ0v) is 11.8. The summed E-state index contributed by atoms with van der Waals surface area (Å²) in [5.74, 6) is 0. The first-order valence-corrected chi connectivity index (χ1v) is 6.78. The Morgan fingerprint density at radius 1 is 1.05 bits per heavy atom. The second-order valence-corrected chi connectivity index (χ2v) is 6.26. The average Bonchev–Trinajstić information content (AvgIpc) is 2.70. The zero-order valence-electron chi connectivity index (χ0n) is 11.8. The molecule has 0 saturated carbocycles. The van der Waals surface area contributed by atoms with Crippen LogP contribution in [-0.2, 0) is 19.0 Å². The summed E-state index contributed by atoms with van der Waals surface area (Å²) in [6, 6.07) is 7.24. The van der Waals surface area contributed by atoms with Crippen molar-refractivity contribution in [1.29, 1.82) is 0 Å². The van der Waals surface area contributed by atoms with Crippen LogP contribution in [0.1, 0.15) is 30.7 Å². The van der Waals surface area contributed by atoms with E-state index in [1.54, 1.807) is 12.1 Å². The fourth-order valence-electron chi connectivity index (χ4n) is 2.87. The van der Waals surface area contributed by atoms with E-state index in [4.69, 9.17) is 0 Å². The van der Waals surface area contributed by atoms with Gasteiger partial charge in [0.2, 0.25) is 0 Å². The van der Waals surface area contributed by atoms with Crippen molar-refractivity contribution < 1.29 is 13.2 Å². The molecule has 0 spiro atoms. The van der Waals surface area contributed by atoms with Crippen molar-refractivity contribution in [2.24, 2.45) is 5.41 Å². The van der Waals surface area contributed by atoms with Gasteiger partial charge in [0, 0.05) is 5.56 Å². The monoisotopic (exact) mass is 292 g/mol. The summed E-state index contributed by atoms with van der Waals surface area (Å²) in [6.07, 6.45) is -2.76. The van der Waals surface area contributed by atoms with Crippen LogP contribution in [0.5, 0.6) is 0 Å². The molecule has 0 unspecified atom stereocenters. The van der Waals surface area contributed by atoms with Gasteiger partial charge in [0.1, 0.15) is 0 Å². The normalized spacial score (nSPS) is 16.8. The molecule has 1 aromatic heterocycles. The summed E-state index contributed by atoms with van der Waals surface area (Å²) in [7, 11) is 0. The molecule has 5 heteroatoms. The van der Waals surface area contributed by atoms with Crippen LogP contribution in [0.4, 0.5) is 13.2 Å². The first-order valence-electron chi connectivity index (χ1n) is 6.78. The number of nitrogens with zero attached hydrogens (tertiary/aromatic N) is 2. The Bertz CT molecular complexity index is 690. The van der Waals surface area contributed by atoms with Gasteiger partial charge < -0.3 is 0 Å². The summed E-state index contributed by atoms with van der Waals surface area (Å²) in [6.45, 7) is 4.25. The SMILES string of the molecule is CC1(C)Cc2cc(-c3ccccc3C(F)(F)F)nnc2C1. The second-order valence-electron chi connectivity index (χ2n) is 6.26. The minimum absolute atomic E-state index is 0.0880. The molecule has 3 rings (SSSR count). The van der Waals surface area contributed by atoms with Gasteiger partial charge in [0.05, 0.1) is 17.0 Å². The summed E-state index contributed by atoms with van der Waals surface area (Å²) in [4.78, 5) is 0. The summed E-state index contributed by atoms with van der Waals surface area (Å²) >= 11 is 0. The Morgan fingerprint density at radius 3 is 2.48 bits per heavy atom. The van der Waals surface area contributed by atoms with Crippen molar-refractivity contribution in [3.8, 4) is 11.3 Å². The zero-order chi connectivity index (χ0) is 15.3. The number of rotatable bonds is 1. The lowest BCUT2D eigenvalue weighted by Gasteiger charge is -2.14. The van der Waals surface area contributed by atoms with Crippen LogP contribution in [0.2, 0.25) is 0 Å². The van der Waals surface area contributed by atoms with Gasteiger partial charge in [0.25, 0.3) is 0 Å². The van der Waals surface area contributed by atoms with Gasteiger partial charge in [-0.25, -0.2) is 0 Å². The molecule has 110 valence electrons. The number of aromatic nitrogens is 2. The van der Waals surface area contributed by atoms with E-state index in [1.165, 1.54) is 12.1 Å². The largest absolute Gasteiger partial charge is 0.417 e. The fraction of sp³-hybridized carbons (Fsp3) is 0.375. The van der Waals surface area contributed by atoms with Crippen LogP contribution in [0.3, 0.4) is 0 Å². The predicted octanol–water partition coefficient (Wildman–Crippen LogP) is 4.29. The van der Waals surface area contributed by atoms with Crippen molar-refractivity contribution in [1.82, 2.24) is 10.2 Å². The van der Waals surface area contributed by atoms with Gasteiger partial charge in [-0.2, -0.15) is 23.4 Å². The van der Waals surface area contributed by atoms with Crippen molar-refractivity contribution in [2.75, 3.05) is 0 Å². The smallest absolute Gasteiger partial charge is 0.166 e. The number of hydrogen-bond acceptors (Lipinski definition) is 2. The number of hydrogen-bond donors (Lipinski definition) is 0. The van der Waals surface area contributed by atoms with E-state index >= 15 is 0 Å². The molecule has 0 radical (unpaired) electrons. The molecule has 2 nitrogen and oxygen atoms in total. The lowest BCUT2D eigenvalue weighted by molar-refractivity contribution is -0.137. The van der Waals surface area contributed by atoms with Gasteiger partial charge in [0.15, 0.2) is 0 Å². The highest BCUT2D eigenvalue weighted by molar-refractivity contribution is 5.65. The van der Waals surface area contributed by atoms with E-state index < -0.39 is 11.7 Å². The van der Waals surface area contributed by atoms with Crippen LogP contribution in [0, 0.1) is 5.41 Å². The van der Waals surface area contributed by atoms with E-state index in [0.717, 1.165) is 30.2 Å².